The molecule has 0 amide bonds. The summed E-state index contributed by atoms with van der Waals surface area (Å²) in [5.74, 6) is 0.645. The molecule has 0 unspecified atom stereocenters. The maximum absolute atomic E-state index is 8.21. The zero-order valence-corrected chi connectivity index (χ0v) is 10.5. The first-order valence-electron chi connectivity index (χ1n) is 6.21. The van der Waals surface area contributed by atoms with E-state index in [4.69, 9.17) is 5.41 Å². The molecule has 3 rings (SSSR count). The van der Waals surface area contributed by atoms with Gasteiger partial charge in [-0.15, -0.1) is 0 Å². The number of hydrogen-bond acceptors (Lipinski definition) is 1. The van der Waals surface area contributed by atoms with Crippen LogP contribution in [-0.4, -0.2) is 10.7 Å². The summed E-state index contributed by atoms with van der Waals surface area (Å²) in [4.78, 5) is 2.12. The van der Waals surface area contributed by atoms with Crippen molar-refractivity contribution in [3.8, 4) is 0 Å². The SMILES string of the molecule is Cc1ccc(CN2Cc3ccccc3C2=N)cc1. The summed E-state index contributed by atoms with van der Waals surface area (Å²) in [6.07, 6.45) is 0. The van der Waals surface area contributed by atoms with E-state index in [9.17, 15) is 0 Å². The molecule has 18 heavy (non-hydrogen) atoms. The number of hydrogen-bond donors (Lipinski definition) is 1. The number of nitrogens with one attached hydrogen (secondary N) is 1. The Labute approximate surface area is 107 Å². The summed E-state index contributed by atoms with van der Waals surface area (Å²) in [5.41, 5.74) is 4.87. The van der Waals surface area contributed by atoms with Crippen LogP contribution in [0.4, 0.5) is 0 Å². The lowest BCUT2D eigenvalue weighted by Crippen LogP contribution is -2.23. The van der Waals surface area contributed by atoms with Gasteiger partial charge in [-0.3, -0.25) is 5.41 Å². The molecule has 0 fully saturated rings. The molecule has 0 atom stereocenters. The highest BCUT2D eigenvalue weighted by atomic mass is 15.2. The summed E-state index contributed by atoms with van der Waals surface area (Å²) < 4.78 is 0. The molecule has 2 aromatic carbocycles. The first-order valence-corrected chi connectivity index (χ1v) is 6.21. The number of fused-ring (bicyclic) bond motifs is 1. The van der Waals surface area contributed by atoms with Crippen molar-refractivity contribution in [2.24, 2.45) is 0 Å². The van der Waals surface area contributed by atoms with Crippen molar-refractivity contribution in [3.63, 3.8) is 0 Å². The summed E-state index contributed by atoms with van der Waals surface area (Å²) in [7, 11) is 0. The van der Waals surface area contributed by atoms with Crippen LogP contribution >= 0.6 is 0 Å². The first kappa shape index (κ1) is 11.0. The van der Waals surface area contributed by atoms with E-state index in [1.165, 1.54) is 16.7 Å². The van der Waals surface area contributed by atoms with Crippen molar-refractivity contribution in [1.29, 1.82) is 5.41 Å². The standard InChI is InChI=1S/C16H16N2/c1-12-6-8-13(9-7-12)10-18-11-14-4-2-3-5-15(14)16(18)17/h2-9,17H,10-11H2,1H3. The molecule has 0 bridgehead atoms. The van der Waals surface area contributed by atoms with Gasteiger partial charge in [-0.25, -0.2) is 0 Å². The fourth-order valence-corrected chi connectivity index (χ4v) is 2.39. The second-order valence-electron chi connectivity index (χ2n) is 4.85. The first-order chi connectivity index (χ1) is 8.74. The number of nitrogens with zero attached hydrogens (tertiary/aromatic N) is 1. The largest absolute Gasteiger partial charge is 0.348 e. The number of amidine groups is 1. The molecule has 0 saturated carbocycles. The Kier molecular flexibility index (Phi) is 2.63. The zero-order chi connectivity index (χ0) is 12.5. The highest BCUT2D eigenvalue weighted by Gasteiger charge is 2.23. The third-order valence-electron chi connectivity index (χ3n) is 3.44. The predicted molar refractivity (Wildman–Crippen MR) is 73.7 cm³/mol. The van der Waals surface area contributed by atoms with Crippen LogP contribution in [0.15, 0.2) is 48.5 Å². The highest BCUT2D eigenvalue weighted by Crippen LogP contribution is 2.23. The lowest BCUT2D eigenvalue weighted by atomic mass is 10.1. The fraction of sp³-hybridized carbons (Fsp3) is 0.188. The van der Waals surface area contributed by atoms with Crippen LogP contribution in [0.5, 0.6) is 0 Å². The Hall–Kier alpha value is -2.09. The molecule has 0 aliphatic carbocycles. The normalized spacial score (nSPS) is 13.8. The number of rotatable bonds is 2. The minimum absolute atomic E-state index is 0.645. The smallest absolute Gasteiger partial charge is 0.129 e. The van der Waals surface area contributed by atoms with Gasteiger partial charge in [-0.1, -0.05) is 54.1 Å². The lowest BCUT2D eigenvalue weighted by molar-refractivity contribution is 0.422. The number of benzene rings is 2. The Morgan fingerprint density at radius 2 is 1.78 bits per heavy atom. The van der Waals surface area contributed by atoms with Gasteiger partial charge in [0.05, 0.1) is 0 Å². The third-order valence-corrected chi connectivity index (χ3v) is 3.44. The van der Waals surface area contributed by atoms with Crippen LogP contribution in [0.1, 0.15) is 22.3 Å². The summed E-state index contributed by atoms with van der Waals surface area (Å²) in [6.45, 7) is 3.76. The van der Waals surface area contributed by atoms with E-state index in [1.807, 2.05) is 18.2 Å². The van der Waals surface area contributed by atoms with Crippen molar-refractivity contribution in [2.75, 3.05) is 0 Å². The van der Waals surface area contributed by atoms with E-state index in [0.29, 0.717) is 5.84 Å². The molecule has 0 radical (unpaired) electrons. The maximum Gasteiger partial charge on any atom is 0.129 e. The van der Waals surface area contributed by atoms with Crippen molar-refractivity contribution in [3.05, 3.63) is 70.8 Å². The quantitative estimate of drug-likeness (QED) is 0.850. The van der Waals surface area contributed by atoms with Crippen LogP contribution in [0.25, 0.3) is 0 Å². The molecule has 0 saturated heterocycles. The Morgan fingerprint density at radius 1 is 1.06 bits per heavy atom. The van der Waals surface area contributed by atoms with Gasteiger partial charge >= 0.3 is 0 Å². The maximum atomic E-state index is 8.21. The zero-order valence-electron chi connectivity index (χ0n) is 10.5. The average Bonchev–Trinajstić information content (AvgIpc) is 2.70. The molecule has 1 N–H and O–H groups in total. The molecule has 1 aliphatic rings. The van der Waals surface area contributed by atoms with Gasteiger partial charge < -0.3 is 4.90 Å². The van der Waals surface area contributed by atoms with Gasteiger partial charge in [0.2, 0.25) is 0 Å². The molecule has 1 heterocycles. The van der Waals surface area contributed by atoms with Gasteiger partial charge in [0.25, 0.3) is 0 Å². The third kappa shape index (κ3) is 1.90. The van der Waals surface area contributed by atoms with Crippen molar-refractivity contribution >= 4 is 5.84 Å². The van der Waals surface area contributed by atoms with E-state index >= 15 is 0 Å². The van der Waals surface area contributed by atoms with Gasteiger partial charge in [0.1, 0.15) is 5.84 Å². The molecular formula is C16H16N2. The van der Waals surface area contributed by atoms with Crippen molar-refractivity contribution in [2.45, 2.75) is 20.0 Å². The Morgan fingerprint density at radius 3 is 2.50 bits per heavy atom. The van der Waals surface area contributed by atoms with E-state index in [0.717, 1.165) is 18.7 Å². The van der Waals surface area contributed by atoms with Crippen LogP contribution in [0.2, 0.25) is 0 Å². The summed E-state index contributed by atoms with van der Waals surface area (Å²) in [5, 5.41) is 8.21. The monoisotopic (exact) mass is 236 g/mol. The average molecular weight is 236 g/mol. The molecular weight excluding hydrogens is 220 g/mol. The topological polar surface area (TPSA) is 27.1 Å². The van der Waals surface area contributed by atoms with Crippen molar-refractivity contribution in [1.82, 2.24) is 4.90 Å². The fourth-order valence-electron chi connectivity index (χ4n) is 2.39. The molecule has 1 aliphatic heterocycles. The van der Waals surface area contributed by atoms with E-state index in [-0.39, 0.29) is 0 Å². The Bertz CT molecular complexity index is 584. The van der Waals surface area contributed by atoms with Gasteiger partial charge in [-0.2, -0.15) is 0 Å². The summed E-state index contributed by atoms with van der Waals surface area (Å²) in [6, 6.07) is 16.7. The van der Waals surface area contributed by atoms with E-state index in [1.54, 1.807) is 0 Å². The molecule has 2 nitrogen and oxygen atoms in total. The van der Waals surface area contributed by atoms with E-state index < -0.39 is 0 Å². The van der Waals surface area contributed by atoms with Gasteiger partial charge in [0, 0.05) is 18.7 Å². The highest BCUT2D eigenvalue weighted by molar-refractivity contribution is 6.00. The number of aryl methyl sites for hydroxylation is 1. The lowest BCUT2D eigenvalue weighted by Gasteiger charge is -2.18. The minimum atomic E-state index is 0.645. The van der Waals surface area contributed by atoms with Crippen LogP contribution in [0.3, 0.4) is 0 Å². The van der Waals surface area contributed by atoms with Gasteiger partial charge in [0.15, 0.2) is 0 Å². The second-order valence-corrected chi connectivity index (χ2v) is 4.85. The second kappa shape index (κ2) is 4.30. The van der Waals surface area contributed by atoms with Crippen LogP contribution < -0.4 is 0 Å². The van der Waals surface area contributed by atoms with Crippen molar-refractivity contribution < 1.29 is 0 Å². The van der Waals surface area contributed by atoms with Gasteiger partial charge in [-0.05, 0) is 18.1 Å². The van der Waals surface area contributed by atoms with Crippen LogP contribution in [0, 0.1) is 12.3 Å². The molecule has 0 spiro atoms. The predicted octanol–water partition coefficient (Wildman–Crippen LogP) is 3.34. The van der Waals surface area contributed by atoms with Crippen LogP contribution in [-0.2, 0) is 13.1 Å². The molecule has 90 valence electrons. The Balaban J connectivity index is 1.81. The molecule has 2 aromatic rings. The molecule has 2 heteroatoms. The minimum Gasteiger partial charge on any atom is -0.348 e. The molecule has 0 aromatic heterocycles. The summed E-state index contributed by atoms with van der Waals surface area (Å²) >= 11 is 0. The van der Waals surface area contributed by atoms with E-state index in [2.05, 4.69) is 42.2 Å².